The summed E-state index contributed by atoms with van der Waals surface area (Å²) in [6.45, 7) is 3.72. The molecule has 7 rings (SSSR count). The molecule has 2 amide bonds. The number of piperidine rings is 1. The molecule has 0 bridgehead atoms. The minimum Gasteiger partial charge on any atom is -0.486 e. The standard InChI is InChI=1S/C35H39N3O6/c1-41-15-3-14-37-30-20-27(9-11-31(30)44-22-34(37)39)38(26-7-8-26)35(40)29-21-36-13-12-28(29)25-5-2-4-23(18-25)24-6-10-32-33(19-24)43-17-16-42-32/h2,4-6,9-11,18-20,26,28-29,36H,3,7-8,12-17,21-22H2,1H3/t28-,29+/m1/s1. The van der Waals surface area contributed by atoms with E-state index in [2.05, 4.69) is 35.6 Å². The number of carbonyl (C=O) groups excluding carboxylic acids is 2. The number of methoxy groups -OCH3 is 1. The van der Waals surface area contributed by atoms with Crippen LogP contribution in [0.3, 0.4) is 0 Å². The smallest absolute Gasteiger partial charge is 0.265 e. The van der Waals surface area contributed by atoms with Gasteiger partial charge in [0, 0.05) is 38.5 Å². The van der Waals surface area contributed by atoms with Gasteiger partial charge in [0.05, 0.1) is 11.6 Å². The van der Waals surface area contributed by atoms with Crippen LogP contribution in [0.2, 0.25) is 0 Å². The third-order valence-electron chi connectivity index (χ3n) is 9.03. The number of hydrogen-bond acceptors (Lipinski definition) is 7. The molecule has 2 fully saturated rings. The Hall–Kier alpha value is -4.08. The summed E-state index contributed by atoms with van der Waals surface area (Å²) in [4.78, 5) is 31.1. The van der Waals surface area contributed by atoms with Gasteiger partial charge >= 0.3 is 0 Å². The monoisotopic (exact) mass is 597 g/mol. The van der Waals surface area contributed by atoms with Gasteiger partial charge in [0.15, 0.2) is 18.1 Å². The minimum atomic E-state index is -0.216. The number of amides is 2. The van der Waals surface area contributed by atoms with E-state index in [1.165, 1.54) is 5.56 Å². The minimum absolute atomic E-state index is 0.0192. The topological polar surface area (TPSA) is 89.6 Å². The number of anilines is 2. The number of benzene rings is 3. The zero-order valence-electron chi connectivity index (χ0n) is 25.1. The lowest BCUT2D eigenvalue weighted by molar-refractivity contribution is -0.123. The zero-order chi connectivity index (χ0) is 30.0. The Balaban J connectivity index is 1.17. The molecule has 9 heteroatoms. The summed E-state index contributed by atoms with van der Waals surface area (Å²) in [6, 6.07) is 20.6. The Morgan fingerprint density at radius 1 is 0.955 bits per heavy atom. The van der Waals surface area contributed by atoms with Crippen molar-refractivity contribution in [2.45, 2.75) is 37.6 Å². The van der Waals surface area contributed by atoms with Crippen molar-refractivity contribution in [1.82, 2.24) is 5.32 Å². The summed E-state index contributed by atoms with van der Waals surface area (Å²) in [6.07, 6.45) is 3.54. The van der Waals surface area contributed by atoms with Gasteiger partial charge in [-0.15, -0.1) is 0 Å². The van der Waals surface area contributed by atoms with Crippen LogP contribution < -0.4 is 29.3 Å². The Kier molecular flexibility index (Phi) is 8.14. The first-order valence-electron chi connectivity index (χ1n) is 15.7. The van der Waals surface area contributed by atoms with Crippen molar-refractivity contribution in [3.8, 4) is 28.4 Å². The lowest BCUT2D eigenvalue weighted by Crippen LogP contribution is -2.47. The highest BCUT2D eigenvalue weighted by molar-refractivity contribution is 6.01. The average molecular weight is 598 g/mol. The van der Waals surface area contributed by atoms with Crippen LogP contribution in [-0.4, -0.2) is 71.0 Å². The van der Waals surface area contributed by atoms with E-state index in [1.54, 1.807) is 12.0 Å². The highest BCUT2D eigenvalue weighted by Gasteiger charge is 2.41. The molecule has 0 spiro atoms. The Bertz CT molecular complexity index is 1540. The first-order chi connectivity index (χ1) is 21.6. The molecule has 1 aliphatic carbocycles. The van der Waals surface area contributed by atoms with Gasteiger partial charge in [-0.05, 0) is 85.2 Å². The van der Waals surface area contributed by atoms with E-state index < -0.39 is 0 Å². The second-order valence-electron chi connectivity index (χ2n) is 12.0. The molecule has 3 heterocycles. The normalized spacial score (nSPS) is 20.9. The summed E-state index contributed by atoms with van der Waals surface area (Å²) < 4.78 is 22.5. The predicted molar refractivity (Wildman–Crippen MR) is 168 cm³/mol. The molecule has 0 aromatic heterocycles. The van der Waals surface area contributed by atoms with Gasteiger partial charge < -0.3 is 34.1 Å². The summed E-state index contributed by atoms with van der Waals surface area (Å²) in [5, 5.41) is 3.49. The van der Waals surface area contributed by atoms with E-state index in [1.807, 2.05) is 35.2 Å². The van der Waals surface area contributed by atoms with Gasteiger partial charge in [0.2, 0.25) is 5.91 Å². The van der Waals surface area contributed by atoms with Crippen LogP contribution in [0.5, 0.6) is 17.2 Å². The highest BCUT2D eigenvalue weighted by Crippen LogP contribution is 2.42. The SMILES string of the molecule is COCCCN1C(=O)COc2ccc(N(C(=O)[C@H]3CNCC[C@@H]3c3cccc(-c4ccc5c(c4)OCCO5)c3)C3CC3)cc21. The van der Waals surface area contributed by atoms with Crippen LogP contribution in [0.4, 0.5) is 11.4 Å². The molecule has 1 N–H and O–H groups in total. The van der Waals surface area contributed by atoms with Crippen molar-refractivity contribution in [3.05, 3.63) is 66.2 Å². The van der Waals surface area contributed by atoms with E-state index in [9.17, 15) is 9.59 Å². The number of carbonyl (C=O) groups is 2. The second-order valence-corrected chi connectivity index (χ2v) is 12.0. The summed E-state index contributed by atoms with van der Waals surface area (Å²) >= 11 is 0. The molecule has 9 nitrogen and oxygen atoms in total. The molecule has 3 aliphatic heterocycles. The van der Waals surface area contributed by atoms with Crippen LogP contribution in [-0.2, 0) is 14.3 Å². The van der Waals surface area contributed by atoms with Gasteiger partial charge in [-0.3, -0.25) is 9.59 Å². The van der Waals surface area contributed by atoms with Gasteiger partial charge in [0.25, 0.3) is 5.91 Å². The molecular weight excluding hydrogens is 558 g/mol. The Morgan fingerprint density at radius 2 is 1.77 bits per heavy atom. The average Bonchev–Trinajstić information content (AvgIpc) is 3.91. The van der Waals surface area contributed by atoms with Crippen LogP contribution in [0.1, 0.15) is 37.2 Å². The molecule has 0 unspecified atom stereocenters. The Labute approximate surface area is 258 Å². The van der Waals surface area contributed by atoms with Crippen molar-refractivity contribution in [2.24, 2.45) is 5.92 Å². The van der Waals surface area contributed by atoms with Gasteiger partial charge in [-0.1, -0.05) is 30.3 Å². The fraction of sp³-hybridized carbons (Fsp3) is 0.429. The van der Waals surface area contributed by atoms with Crippen LogP contribution >= 0.6 is 0 Å². The van der Waals surface area contributed by atoms with Gasteiger partial charge in [-0.2, -0.15) is 0 Å². The molecule has 2 atom stereocenters. The van der Waals surface area contributed by atoms with Crippen molar-refractivity contribution >= 4 is 23.2 Å². The number of ether oxygens (including phenoxy) is 4. The van der Waals surface area contributed by atoms with Gasteiger partial charge in [0.1, 0.15) is 19.0 Å². The first-order valence-corrected chi connectivity index (χ1v) is 15.7. The fourth-order valence-corrected chi connectivity index (χ4v) is 6.67. The molecule has 4 aliphatic rings. The van der Waals surface area contributed by atoms with Crippen LogP contribution in [0, 0.1) is 5.92 Å². The van der Waals surface area contributed by atoms with Crippen molar-refractivity contribution in [3.63, 3.8) is 0 Å². The van der Waals surface area contributed by atoms with E-state index in [0.29, 0.717) is 38.7 Å². The van der Waals surface area contributed by atoms with E-state index in [-0.39, 0.29) is 36.3 Å². The number of nitrogens with zero attached hydrogens (tertiary/aromatic N) is 2. The van der Waals surface area contributed by atoms with Gasteiger partial charge in [-0.25, -0.2) is 0 Å². The van der Waals surface area contributed by atoms with E-state index >= 15 is 0 Å². The molecule has 1 saturated heterocycles. The highest BCUT2D eigenvalue weighted by atomic mass is 16.6. The third kappa shape index (κ3) is 5.74. The summed E-state index contributed by atoms with van der Waals surface area (Å²) in [5.41, 5.74) is 4.87. The molecule has 44 heavy (non-hydrogen) atoms. The predicted octanol–water partition coefficient (Wildman–Crippen LogP) is 4.78. The number of rotatable bonds is 9. The second kappa shape index (κ2) is 12.5. The van der Waals surface area contributed by atoms with Crippen molar-refractivity contribution in [1.29, 1.82) is 0 Å². The third-order valence-corrected chi connectivity index (χ3v) is 9.03. The molecule has 3 aromatic rings. The quantitative estimate of drug-likeness (QED) is 0.356. The summed E-state index contributed by atoms with van der Waals surface area (Å²) in [7, 11) is 1.66. The number of hydrogen-bond donors (Lipinski definition) is 1. The fourth-order valence-electron chi connectivity index (χ4n) is 6.67. The molecule has 0 radical (unpaired) electrons. The van der Waals surface area contributed by atoms with Crippen molar-refractivity contribution < 1.29 is 28.5 Å². The van der Waals surface area contributed by atoms with Crippen LogP contribution in [0.25, 0.3) is 11.1 Å². The van der Waals surface area contributed by atoms with E-state index in [4.69, 9.17) is 18.9 Å². The molecule has 3 aromatic carbocycles. The number of nitrogens with one attached hydrogen (secondary N) is 1. The largest absolute Gasteiger partial charge is 0.486 e. The molecule has 230 valence electrons. The number of fused-ring (bicyclic) bond motifs is 2. The molecular formula is C35H39N3O6. The van der Waals surface area contributed by atoms with Crippen LogP contribution in [0.15, 0.2) is 60.7 Å². The lowest BCUT2D eigenvalue weighted by atomic mass is 9.79. The lowest BCUT2D eigenvalue weighted by Gasteiger charge is -2.36. The summed E-state index contributed by atoms with van der Waals surface area (Å²) in [5.74, 6) is 2.12. The maximum atomic E-state index is 14.5. The zero-order valence-corrected chi connectivity index (χ0v) is 25.1. The Morgan fingerprint density at radius 3 is 2.61 bits per heavy atom. The first kappa shape index (κ1) is 28.7. The molecule has 1 saturated carbocycles. The maximum Gasteiger partial charge on any atom is 0.265 e. The van der Waals surface area contributed by atoms with E-state index in [0.717, 1.165) is 66.2 Å². The van der Waals surface area contributed by atoms with Crippen molar-refractivity contribution in [2.75, 3.05) is 63.0 Å². The maximum absolute atomic E-state index is 14.5.